The molecule has 0 amide bonds. The highest BCUT2D eigenvalue weighted by atomic mass is 35.5. The van der Waals surface area contributed by atoms with Gasteiger partial charge in [0, 0.05) is 16.7 Å². The molecule has 0 aliphatic carbocycles. The molecular weight excluding hydrogens is 519 g/mol. The van der Waals surface area contributed by atoms with Crippen molar-refractivity contribution >= 4 is 69.6 Å². The lowest BCUT2D eigenvalue weighted by molar-refractivity contribution is -0.141. The van der Waals surface area contributed by atoms with Crippen molar-refractivity contribution in [3.8, 4) is 22.4 Å². The first-order valence-corrected chi connectivity index (χ1v) is 9.74. The standard InChI is InChI=1S/C18H5Cl6F4N/c19-9-4-13(23)11(21)1-6(9)7-3-15(18(26,27)28)29-17(16(7)25)8-2-12(22)14(24)5-10(8)20/h1-5H. The van der Waals surface area contributed by atoms with Gasteiger partial charge in [0.2, 0.25) is 0 Å². The molecule has 0 atom stereocenters. The Bertz CT molecular complexity index is 1050. The van der Waals surface area contributed by atoms with E-state index in [1.165, 1.54) is 12.1 Å². The molecule has 29 heavy (non-hydrogen) atoms. The summed E-state index contributed by atoms with van der Waals surface area (Å²) in [5.41, 5.74) is -2.83. The number of halogens is 10. The molecule has 3 aromatic rings. The van der Waals surface area contributed by atoms with Crippen LogP contribution < -0.4 is 0 Å². The molecule has 1 aromatic heterocycles. The van der Waals surface area contributed by atoms with Gasteiger partial charge in [-0.15, -0.1) is 0 Å². The van der Waals surface area contributed by atoms with Crippen LogP contribution in [0.4, 0.5) is 17.6 Å². The lowest BCUT2D eigenvalue weighted by Crippen LogP contribution is -2.11. The van der Waals surface area contributed by atoms with Crippen LogP contribution in [0.25, 0.3) is 22.4 Å². The first-order valence-electron chi connectivity index (χ1n) is 7.47. The highest BCUT2D eigenvalue weighted by molar-refractivity contribution is 6.44. The molecule has 0 fully saturated rings. The highest BCUT2D eigenvalue weighted by Crippen LogP contribution is 2.43. The Morgan fingerprint density at radius 2 is 1.03 bits per heavy atom. The summed E-state index contributed by atoms with van der Waals surface area (Å²) < 4.78 is 55.7. The molecule has 0 saturated carbocycles. The predicted octanol–water partition coefficient (Wildman–Crippen LogP) is 9.49. The van der Waals surface area contributed by atoms with Gasteiger partial charge in [-0.05, 0) is 30.3 Å². The fourth-order valence-electron chi connectivity index (χ4n) is 2.48. The minimum absolute atomic E-state index is 0.0232. The summed E-state index contributed by atoms with van der Waals surface area (Å²) in [4.78, 5) is 3.41. The largest absolute Gasteiger partial charge is 0.433 e. The third-order valence-electron chi connectivity index (χ3n) is 3.81. The SMILES string of the molecule is Fc1c(-c2cc(Cl)c(Cl)cc2Cl)cc(C(F)(F)F)nc1-c1cc(Cl)c(Cl)cc1Cl. The van der Waals surface area contributed by atoms with Crippen molar-refractivity contribution in [2.45, 2.75) is 6.18 Å². The number of aromatic nitrogens is 1. The van der Waals surface area contributed by atoms with Crippen molar-refractivity contribution < 1.29 is 17.6 Å². The van der Waals surface area contributed by atoms with E-state index in [9.17, 15) is 13.2 Å². The molecule has 0 unspecified atom stereocenters. The maximum absolute atomic E-state index is 15.3. The van der Waals surface area contributed by atoms with Crippen LogP contribution in [0.1, 0.15) is 5.69 Å². The van der Waals surface area contributed by atoms with Crippen LogP contribution in [-0.4, -0.2) is 4.98 Å². The molecule has 1 nitrogen and oxygen atoms in total. The van der Waals surface area contributed by atoms with E-state index < -0.39 is 28.9 Å². The van der Waals surface area contributed by atoms with Crippen molar-refractivity contribution in [3.63, 3.8) is 0 Å². The predicted molar refractivity (Wildman–Crippen MR) is 110 cm³/mol. The van der Waals surface area contributed by atoms with Gasteiger partial charge >= 0.3 is 6.18 Å². The lowest BCUT2D eigenvalue weighted by atomic mass is 10.0. The van der Waals surface area contributed by atoms with Crippen molar-refractivity contribution in [2.24, 2.45) is 0 Å². The summed E-state index contributed by atoms with van der Waals surface area (Å²) in [7, 11) is 0. The molecule has 0 spiro atoms. The molecule has 0 bridgehead atoms. The second kappa shape index (κ2) is 8.29. The summed E-state index contributed by atoms with van der Waals surface area (Å²) in [5.74, 6) is -1.11. The molecule has 0 saturated heterocycles. The van der Waals surface area contributed by atoms with Gasteiger partial charge in [-0.25, -0.2) is 9.37 Å². The Morgan fingerprint density at radius 3 is 1.55 bits per heavy atom. The molecule has 0 N–H and O–H groups in total. The number of hydrogen-bond acceptors (Lipinski definition) is 1. The van der Waals surface area contributed by atoms with E-state index in [-0.39, 0.29) is 41.3 Å². The maximum atomic E-state index is 15.3. The first-order chi connectivity index (χ1) is 13.4. The molecule has 2 aromatic carbocycles. The van der Waals surface area contributed by atoms with Crippen LogP contribution in [0.3, 0.4) is 0 Å². The number of rotatable bonds is 2. The smallest absolute Gasteiger partial charge is 0.240 e. The summed E-state index contributed by atoms with van der Waals surface area (Å²) >= 11 is 35.7. The van der Waals surface area contributed by atoms with Gasteiger partial charge in [-0.2, -0.15) is 13.2 Å². The molecule has 1 heterocycles. The quantitative estimate of drug-likeness (QED) is 0.241. The molecule has 0 aliphatic rings. The highest BCUT2D eigenvalue weighted by Gasteiger charge is 2.35. The van der Waals surface area contributed by atoms with Gasteiger partial charge in [-0.3, -0.25) is 0 Å². The monoisotopic (exact) mass is 521 g/mol. The van der Waals surface area contributed by atoms with Crippen LogP contribution in [0.2, 0.25) is 30.1 Å². The van der Waals surface area contributed by atoms with Crippen LogP contribution >= 0.6 is 69.6 Å². The normalized spacial score (nSPS) is 11.8. The summed E-state index contributed by atoms with van der Waals surface area (Å²) in [6, 6.07) is 5.17. The van der Waals surface area contributed by atoms with Crippen LogP contribution in [0, 0.1) is 5.82 Å². The fraction of sp³-hybridized carbons (Fsp3) is 0.0556. The van der Waals surface area contributed by atoms with E-state index in [1.54, 1.807) is 0 Å². The molecule has 3 rings (SSSR count). The van der Waals surface area contributed by atoms with Gasteiger partial charge < -0.3 is 0 Å². The third-order valence-corrected chi connectivity index (χ3v) is 5.88. The second-order valence-electron chi connectivity index (χ2n) is 5.71. The molecule has 0 radical (unpaired) electrons. The van der Waals surface area contributed by atoms with E-state index in [1.807, 2.05) is 0 Å². The Labute approximate surface area is 192 Å². The van der Waals surface area contributed by atoms with E-state index in [0.717, 1.165) is 12.1 Å². The Hall–Kier alpha value is -0.950. The average molecular weight is 524 g/mol. The zero-order valence-electron chi connectivity index (χ0n) is 13.6. The number of alkyl halides is 3. The molecule has 152 valence electrons. The topological polar surface area (TPSA) is 12.9 Å². The van der Waals surface area contributed by atoms with Crippen molar-refractivity contribution in [2.75, 3.05) is 0 Å². The van der Waals surface area contributed by atoms with Crippen LogP contribution in [-0.2, 0) is 6.18 Å². The Morgan fingerprint density at radius 1 is 0.586 bits per heavy atom. The van der Waals surface area contributed by atoms with Crippen LogP contribution in [0.15, 0.2) is 30.3 Å². The van der Waals surface area contributed by atoms with E-state index >= 15 is 4.39 Å². The Kier molecular flexibility index (Phi) is 6.50. The summed E-state index contributed by atoms with van der Waals surface area (Å²) in [6.45, 7) is 0. The first kappa shape index (κ1) is 22.7. The van der Waals surface area contributed by atoms with Crippen LogP contribution in [0.5, 0.6) is 0 Å². The van der Waals surface area contributed by atoms with Crippen molar-refractivity contribution in [3.05, 3.63) is 72.0 Å². The average Bonchev–Trinajstić information content (AvgIpc) is 2.61. The maximum Gasteiger partial charge on any atom is 0.433 e. The van der Waals surface area contributed by atoms with E-state index in [4.69, 9.17) is 69.6 Å². The third kappa shape index (κ3) is 4.55. The minimum atomic E-state index is -4.89. The number of pyridine rings is 1. The minimum Gasteiger partial charge on any atom is -0.240 e. The van der Waals surface area contributed by atoms with Gasteiger partial charge in [0.25, 0.3) is 0 Å². The number of benzene rings is 2. The summed E-state index contributed by atoms with van der Waals surface area (Å²) in [6.07, 6.45) is -4.89. The van der Waals surface area contributed by atoms with E-state index in [2.05, 4.69) is 4.98 Å². The Balaban J connectivity index is 2.39. The van der Waals surface area contributed by atoms with Gasteiger partial charge in [0.05, 0.1) is 30.1 Å². The second-order valence-corrected chi connectivity index (χ2v) is 8.15. The number of nitrogens with zero attached hydrogens (tertiary/aromatic N) is 1. The number of hydrogen-bond donors (Lipinski definition) is 0. The van der Waals surface area contributed by atoms with Gasteiger partial charge in [0.1, 0.15) is 11.4 Å². The fourth-order valence-corrected chi connectivity index (χ4v) is 3.77. The zero-order chi connectivity index (χ0) is 21.7. The molecular formula is C18H5Cl6F4N. The van der Waals surface area contributed by atoms with Crippen molar-refractivity contribution in [1.82, 2.24) is 4.98 Å². The van der Waals surface area contributed by atoms with Gasteiger partial charge in [0.15, 0.2) is 5.82 Å². The van der Waals surface area contributed by atoms with Gasteiger partial charge in [-0.1, -0.05) is 69.6 Å². The van der Waals surface area contributed by atoms with E-state index in [0.29, 0.717) is 6.07 Å². The molecule has 0 aliphatic heterocycles. The lowest BCUT2D eigenvalue weighted by Gasteiger charge is -2.16. The van der Waals surface area contributed by atoms with Crippen molar-refractivity contribution in [1.29, 1.82) is 0 Å². The zero-order valence-corrected chi connectivity index (χ0v) is 18.1. The summed E-state index contributed by atoms with van der Waals surface area (Å²) in [5, 5.41) is -0.219. The molecule has 11 heteroatoms.